The summed E-state index contributed by atoms with van der Waals surface area (Å²) in [4.78, 5) is 21.8. The average molecular weight is 459 g/mol. The van der Waals surface area contributed by atoms with Crippen LogP contribution in [-0.2, 0) is 0 Å². The van der Waals surface area contributed by atoms with Gasteiger partial charge in [0, 0.05) is 37.9 Å². The third kappa shape index (κ3) is 4.22. The van der Waals surface area contributed by atoms with Gasteiger partial charge < -0.3 is 29.3 Å². The number of piperazine rings is 1. The summed E-state index contributed by atoms with van der Waals surface area (Å²) < 4.78 is 17.1. The number of para-hydroxylation sites is 3. The quantitative estimate of drug-likeness (QED) is 0.614. The molecule has 0 aromatic heterocycles. The number of carbonyl (C=O) groups is 1. The second-order valence-corrected chi connectivity index (χ2v) is 7.98. The molecule has 8 nitrogen and oxygen atoms in total. The number of hydrogen-bond donors (Lipinski definition) is 1. The number of carbonyl (C=O) groups excluding carboxylic acids is 1. The standard InChI is InChI=1S/C26H26N4O4/c1-32-19-8-5-7-18(17-19)27-26(31)30-15-13-29(14-16-30)25-20-9-6-12-23(33-2)24(20)34-22-11-4-3-10-21(22)28-25/h3-12,17H,13-16H2,1-2H3,(H,27,31). The van der Waals surface area contributed by atoms with Crippen LogP contribution >= 0.6 is 0 Å². The highest BCUT2D eigenvalue weighted by Gasteiger charge is 2.29. The van der Waals surface area contributed by atoms with Crippen LogP contribution in [0.5, 0.6) is 23.0 Å². The number of ether oxygens (including phenoxy) is 3. The molecule has 5 rings (SSSR count). The first kappa shape index (κ1) is 21.6. The number of urea groups is 1. The maximum absolute atomic E-state index is 12.8. The number of methoxy groups -OCH3 is 2. The Balaban J connectivity index is 1.36. The van der Waals surface area contributed by atoms with Gasteiger partial charge >= 0.3 is 6.03 Å². The van der Waals surface area contributed by atoms with Crippen LogP contribution < -0.4 is 19.5 Å². The molecule has 1 saturated heterocycles. The summed E-state index contributed by atoms with van der Waals surface area (Å²) in [6, 6.07) is 20.7. The summed E-state index contributed by atoms with van der Waals surface area (Å²) in [6.07, 6.45) is 0. The molecule has 3 aromatic rings. The number of amides is 2. The van der Waals surface area contributed by atoms with Crippen LogP contribution in [-0.4, -0.2) is 62.1 Å². The van der Waals surface area contributed by atoms with Gasteiger partial charge in [-0.1, -0.05) is 24.3 Å². The maximum atomic E-state index is 12.8. The molecule has 2 heterocycles. The number of amidine groups is 1. The van der Waals surface area contributed by atoms with E-state index in [1.54, 1.807) is 20.3 Å². The second-order valence-electron chi connectivity index (χ2n) is 7.98. The first-order valence-corrected chi connectivity index (χ1v) is 11.1. The Morgan fingerprint density at radius 2 is 1.74 bits per heavy atom. The van der Waals surface area contributed by atoms with Crippen molar-refractivity contribution in [3.63, 3.8) is 0 Å². The van der Waals surface area contributed by atoms with E-state index >= 15 is 0 Å². The van der Waals surface area contributed by atoms with Crippen molar-refractivity contribution >= 4 is 23.2 Å². The summed E-state index contributed by atoms with van der Waals surface area (Å²) in [6.45, 7) is 2.42. The number of anilines is 1. The Hall–Kier alpha value is -4.20. The van der Waals surface area contributed by atoms with E-state index in [2.05, 4.69) is 10.2 Å². The molecule has 0 spiro atoms. The summed E-state index contributed by atoms with van der Waals surface area (Å²) in [5, 5.41) is 2.96. The lowest BCUT2D eigenvalue weighted by Crippen LogP contribution is -2.51. The highest BCUT2D eigenvalue weighted by Crippen LogP contribution is 2.42. The number of benzene rings is 3. The van der Waals surface area contributed by atoms with Crippen LogP contribution in [0.2, 0.25) is 0 Å². The lowest BCUT2D eigenvalue weighted by atomic mass is 10.1. The first-order valence-electron chi connectivity index (χ1n) is 11.1. The molecule has 34 heavy (non-hydrogen) atoms. The number of hydrogen-bond acceptors (Lipinski definition) is 6. The highest BCUT2D eigenvalue weighted by molar-refractivity contribution is 6.04. The number of nitrogens with zero attached hydrogens (tertiary/aromatic N) is 3. The van der Waals surface area contributed by atoms with E-state index in [1.807, 2.05) is 65.6 Å². The minimum absolute atomic E-state index is 0.133. The molecule has 0 unspecified atom stereocenters. The van der Waals surface area contributed by atoms with Crippen LogP contribution in [0.3, 0.4) is 0 Å². The summed E-state index contributed by atoms with van der Waals surface area (Å²) in [5.41, 5.74) is 2.33. The van der Waals surface area contributed by atoms with E-state index in [1.165, 1.54) is 0 Å². The van der Waals surface area contributed by atoms with Gasteiger partial charge in [-0.15, -0.1) is 0 Å². The molecule has 8 heteroatoms. The molecule has 0 saturated carbocycles. The van der Waals surface area contributed by atoms with Crippen LogP contribution in [0, 0.1) is 0 Å². The van der Waals surface area contributed by atoms with Gasteiger partial charge in [0.1, 0.15) is 17.3 Å². The van der Waals surface area contributed by atoms with Crippen molar-refractivity contribution in [1.82, 2.24) is 9.80 Å². The summed E-state index contributed by atoms with van der Waals surface area (Å²) >= 11 is 0. The highest BCUT2D eigenvalue weighted by atomic mass is 16.5. The van der Waals surface area contributed by atoms with E-state index < -0.39 is 0 Å². The van der Waals surface area contributed by atoms with Crippen molar-refractivity contribution in [3.8, 4) is 23.0 Å². The van der Waals surface area contributed by atoms with Gasteiger partial charge in [0.05, 0.1) is 19.8 Å². The summed E-state index contributed by atoms with van der Waals surface area (Å²) in [7, 11) is 3.24. The van der Waals surface area contributed by atoms with Crippen molar-refractivity contribution < 1.29 is 19.0 Å². The third-order valence-corrected chi connectivity index (χ3v) is 5.93. The van der Waals surface area contributed by atoms with Crippen molar-refractivity contribution in [2.24, 2.45) is 4.99 Å². The van der Waals surface area contributed by atoms with Gasteiger partial charge in [0.2, 0.25) is 0 Å². The van der Waals surface area contributed by atoms with Gasteiger partial charge in [0.25, 0.3) is 0 Å². The van der Waals surface area contributed by atoms with E-state index in [-0.39, 0.29) is 6.03 Å². The maximum Gasteiger partial charge on any atom is 0.321 e. The Morgan fingerprint density at radius 1 is 0.941 bits per heavy atom. The molecule has 0 aliphatic carbocycles. The van der Waals surface area contributed by atoms with Crippen LogP contribution in [0.4, 0.5) is 16.2 Å². The smallest absolute Gasteiger partial charge is 0.321 e. The molecule has 2 amide bonds. The average Bonchev–Trinajstić information content (AvgIpc) is 3.05. The van der Waals surface area contributed by atoms with Gasteiger partial charge in [-0.05, 0) is 36.4 Å². The van der Waals surface area contributed by atoms with E-state index in [0.717, 1.165) is 17.1 Å². The van der Waals surface area contributed by atoms with Gasteiger partial charge in [-0.2, -0.15) is 0 Å². The van der Waals surface area contributed by atoms with Gasteiger partial charge in [0.15, 0.2) is 17.2 Å². The number of fused-ring (bicyclic) bond motifs is 2. The minimum Gasteiger partial charge on any atom is -0.497 e. The predicted octanol–water partition coefficient (Wildman–Crippen LogP) is 4.74. The molecule has 0 atom stereocenters. The fourth-order valence-electron chi connectivity index (χ4n) is 4.14. The molecule has 3 aromatic carbocycles. The zero-order chi connectivity index (χ0) is 23.5. The minimum atomic E-state index is -0.133. The largest absolute Gasteiger partial charge is 0.497 e. The fraction of sp³-hybridized carbons (Fsp3) is 0.231. The number of nitrogens with one attached hydrogen (secondary N) is 1. The van der Waals surface area contributed by atoms with E-state index in [9.17, 15) is 4.79 Å². The lowest BCUT2D eigenvalue weighted by Gasteiger charge is -2.36. The molecule has 1 fully saturated rings. The Bertz CT molecular complexity index is 1230. The Kier molecular flexibility index (Phi) is 5.95. The molecular formula is C26H26N4O4. The van der Waals surface area contributed by atoms with Crippen LogP contribution in [0.15, 0.2) is 71.7 Å². The van der Waals surface area contributed by atoms with Crippen molar-refractivity contribution in [3.05, 3.63) is 72.3 Å². The van der Waals surface area contributed by atoms with Gasteiger partial charge in [-0.25, -0.2) is 9.79 Å². The number of rotatable bonds is 3. The van der Waals surface area contributed by atoms with E-state index in [4.69, 9.17) is 19.2 Å². The van der Waals surface area contributed by atoms with E-state index in [0.29, 0.717) is 54.9 Å². The monoisotopic (exact) mass is 458 g/mol. The Morgan fingerprint density at radius 3 is 2.53 bits per heavy atom. The fourth-order valence-corrected chi connectivity index (χ4v) is 4.14. The zero-order valence-corrected chi connectivity index (χ0v) is 19.2. The van der Waals surface area contributed by atoms with Crippen molar-refractivity contribution in [2.75, 3.05) is 45.7 Å². The van der Waals surface area contributed by atoms with Crippen LogP contribution in [0.25, 0.3) is 0 Å². The Labute approximate surface area is 198 Å². The zero-order valence-electron chi connectivity index (χ0n) is 19.2. The van der Waals surface area contributed by atoms with Gasteiger partial charge in [-0.3, -0.25) is 0 Å². The molecule has 2 aliphatic rings. The molecule has 174 valence electrons. The van der Waals surface area contributed by atoms with Crippen molar-refractivity contribution in [2.45, 2.75) is 0 Å². The summed E-state index contributed by atoms with van der Waals surface area (Å²) in [5.74, 6) is 3.49. The second kappa shape index (κ2) is 9.35. The molecule has 2 aliphatic heterocycles. The molecule has 1 N–H and O–H groups in total. The van der Waals surface area contributed by atoms with Crippen molar-refractivity contribution in [1.29, 1.82) is 0 Å². The lowest BCUT2D eigenvalue weighted by molar-refractivity contribution is 0.181. The third-order valence-electron chi connectivity index (χ3n) is 5.93. The molecule has 0 bridgehead atoms. The predicted molar refractivity (Wildman–Crippen MR) is 131 cm³/mol. The first-order chi connectivity index (χ1) is 16.7. The molecular weight excluding hydrogens is 432 g/mol. The normalized spacial score (nSPS) is 14.7. The SMILES string of the molecule is COc1cccc(NC(=O)N2CCN(C3=Nc4ccccc4Oc4c(OC)cccc43)CC2)c1. The number of aliphatic imine (C=N–C) groups is 1. The topological polar surface area (TPSA) is 75.6 Å². The van der Waals surface area contributed by atoms with Crippen LogP contribution in [0.1, 0.15) is 5.56 Å². The molecule has 0 radical (unpaired) electrons.